The van der Waals surface area contributed by atoms with Gasteiger partial charge in [-0.2, -0.15) is 0 Å². The lowest BCUT2D eigenvalue weighted by Crippen LogP contribution is -2.40. The van der Waals surface area contributed by atoms with E-state index in [4.69, 9.17) is 17.3 Å². The van der Waals surface area contributed by atoms with E-state index in [9.17, 15) is 0 Å². The van der Waals surface area contributed by atoms with E-state index in [1.807, 2.05) is 0 Å². The molecule has 4 nitrogen and oxygen atoms in total. The first kappa shape index (κ1) is 12.5. The fraction of sp³-hybridized carbons (Fsp3) is 0.583. The Labute approximate surface area is 107 Å². The summed E-state index contributed by atoms with van der Waals surface area (Å²) in [6.07, 6.45) is 7.07. The highest BCUT2D eigenvalue weighted by atomic mass is 35.5. The van der Waals surface area contributed by atoms with Crippen LogP contribution in [0.4, 0.5) is 11.4 Å². The lowest BCUT2D eigenvalue weighted by atomic mass is 10.0. The lowest BCUT2D eigenvalue weighted by molar-refractivity contribution is 0.194. The van der Waals surface area contributed by atoms with Crippen molar-refractivity contribution in [1.82, 2.24) is 9.88 Å². The second kappa shape index (κ2) is 5.56. The Morgan fingerprint density at radius 1 is 1.53 bits per heavy atom. The molecule has 1 aliphatic rings. The molecule has 1 aromatic heterocycles. The van der Waals surface area contributed by atoms with Gasteiger partial charge in [0.05, 0.1) is 22.6 Å². The van der Waals surface area contributed by atoms with Crippen LogP contribution in [0, 0.1) is 0 Å². The summed E-state index contributed by atoms with van der Waals surface area (Å²) in [7, 11) is 2.17. The summed E-state index contributed by atoms with van der Waals surface area (Å²) in [5, 5.41) is 3.93. The van der Waals surface area contributed by atoms with E-state index in [0.29, 0.717) is 16.8 Å². The number of piperidine rings is 1. The van der Waals surface area contributed by atoms with Crippen molar-refractivity contribution in [3.05, 3.63) is 17.4 Å². The van der Waals surface area contributed by atoms with Crippen molar-refractivity contribution in [2.24, 2.45) is 0 Å². The van der Waals surface area contributed by atoms with E-state index in [2.05, 4.69) is 22.2 Å². The number of anilines is 2. The van der Waals surface area contributed by atoms with E-state index in [1.165, 1.54) is 25.8 Å². The molecule has 1 aliphatic heterocycles. The molecule has 0 aliphatic carbocycles. The van der Waals surface area contributed by atoms with Crippen molar-refractivity contribution >= 4 is 23.0 Å². The standard InChI is InChI=1S/C12H19ClN4/c1-17-5-3-2-4-9(17)6-16-12-10(13)7-15-8-11(12)14/h7-9H,2-6,14H2,1H3,(H,15,16). The van der Waals surface area contributed by atoms with Gasteiger partial charge >= 0.3 is 0 Å². The number of aromatic nitrogens is 1. The summed E-state index contributed by atoms with van der Waals surface area (Å²) in [5.74, 6) is 0. The van der Waals surface area contributed by atoms with Crippen LogP contribution >= 0.6 is 11.6 Å². The summed E-state index contributed by atoms with van der Waals surface area (Å²) in [4.78, 5) is 6.34. The lowest BCUT2D eigenvalue weighted by Gasteiger charge is -2.32. The van der Waals surface area contributed by atoms with Gasteiger partial charge in [-0.15, -0.1) is 0 Å². The maximum atomic E-state index is 6.06. The predicted octanol–water partition coefficient (Wildman–Crippen LogP) is 2.21. The van der Waals surface area contributed by atoms with E-state index >= 15 is 0 Å². The van der Waals surface area contributed by atoms with E-state index in [-0.39, 0.29) is 0 Å². The molecule has 1 atom stereocenters. The quantitative estimate of drug-likeness (QED) is 0.869. The summed E-state index contributed by atoms with van der Waals surface area (Å²) in [6, 6.07) is 0.562. The second-order valence-electron chi connectivity index (χ2n) is 4.60. The third kappa shape index (κ3) is 3.01. The van der Waals surface area contributed by atoms with Crippen LogP contribution in [0.1, 0.15) is 19.3 Å². The van der Waals surface area contributed by atoms with Gasteiger partial charge in [-0.25, -0.2) is 0 Å². The molecule has 0 aromatic carbocycles. The van der Waals surface area contributed by atoms with Crippen molar-refractivity contribution < 1.29 is 0 Å². The van der Waals surface area contributed by atoms with E-state index in [1.54, 1.807) is 12.4 Å². The van der Waals surface area contributed by atoms with Gasteiger partial charge in [-0.05, 0) is 26.4 Å². The van der Waals surface area contributed by atoms with Crippen molar-refractivity contribution in [1.29, 1.82) is 0 Å². The van der Waals surface area contributed by atoms with Crippen LogP contribution in [0.25, 0.3) is 0 Å². The van der Waals surface area contributed by atoms with Crippen LogP contribution in [-0.4, -0.2) is 36.1 Å². The number of nitrogen functional groups attached to an aromatic ring is 1. The highest BCUT2D eigenvalue weighted by Crippen LogP contribution is 2.27. The predicted molar refractivity (Wildman–Crippen MR) is 72.4 cm³/mol. The molecule has 1 saturated heterocycles. The zero-order valence-electron chi connectivity index (χ0n) is 10.1. The molecule has 1 unspecified atom stereocenters. The molecule has 0 amide bonds. The molecule has 1 aromatic rings. The monoisotopic (exact) mass is 254 g/mol. The molecular weight excluding hydrogens is 236 g/mol. The zero-order chi connectivity index (χ0) is 12.3. The minimum atomic E-state index is 0.562. The summed E-state index contributed by atoms with van der Waals surface area (Å²) < 4.78 is 0. The Morgan fingerprint density at radius 3 is 3.06 bits per heavy atom. The Hall–Kier alpha value is -1.00. The molecule has 0 spiro atoms. The fourth-order valence-electron chi connectivity index (χ4n) is 2.26. The van der Waals surface area contributed by atoms with Crippen LogP contribution in [0.2, 0.25) is 5.02 Å². The number of hydrogen-bond acceptors (Lipinski definition) is 4. The number of pyridine rings is 1. The van der Waals surface area contributed by atoms with Gasteiger partial charge in [0, 0.05) is 18.8 Å². The smallest absolute Gasteiger partial charge is 0.0841 e. The average Bonchev–Trinajstić information content (AvgIpc) is 2.30. The first-order valence-corrected chi connectivity index (χ1v) is 6.39. The van der Waals surface area contributed by atoms with Gasteiger partial charge in [0.15, 0.2) is 0 Å². The van der Waals surface area contributed by atoms with Crippen molar-refractivity contribution in [2.45, 2.75) is 25.3 Å². The summed E-state index contributed by atoms with van der Waals surface area (Å²) in [5.41, 5.74) is 7.26. The van der Waals surface area contributed by atoms with Crippen LogP contribution in [-0.2, 0) is 0 Å². The Morgan fingerprint density at radius 2 is 2.35 bits per heavy atom. The maximum absolute atomic E-state index is 6.06. The second-order valence-corrected chi connectivity index (χ2v) is 5.00. The third-order valence-electron chi connectivity index (χ3n) is 3.36. The molecule has 2 rings (SSSR count). The Balaban J connectivity index is 1.97. The summed E-state index contributed by atoms with van der Waals surface area (Å²) >= 11 is 6.06. The number of nitrogens with one attached hydrogen (secondary N) is 1. The third-order valence-corrected chi connectivity index (χ3v) is 3.65. The Kier molecular flexibility index (Phi) is 4.07. The van der Waals surface area contributed by atoms with Crippen LogP contribution in [0.15, 0.2) is 12.4 Å². The molecule has 94 valence electrons. The van der Waals surface area contributed by atoms with Gasteiger partial charge in [0.1, 0.15) is 0 Å². The molecule has 17 heavy (non-hydrogen) atoms. The highest BCUT2D eigenvalue weighted by molar-refractivity contribution is 6.33. The van der Waals surface area contributed by atoms with Crippen molar-refractivity contribution in [3.63, 3.8) is 0 Å². The minimum absolute atomic E-state index is 0.562. The first-order chi connectivity index (χ1) is 8.18. The topological polar surface area (TPSA) is 54.2 Å². The normalized spacial score (nSPS) is 21.4. The van der Waals surface area contributed by atoms with Crippen molar-refractivity contribution in [2.75, 3.05) is 31.2 Å². The first-order valence-electron chi connectivity index (χ1n) is 6.01. The van der Waals surface area contributed by atoms with Gasteiger partial charge in [0.2, 0.25) is 0 Å². The molecule has 3 N–H and O–H groups in total. The van der Waals surface area contributed by atoms with Gasteiger partial charge in [0.25, 0.3) is 0 Å². The number of nitrogens with zero attached hydrogens (tertiary/aromatic N) is 2. The zero-order valence-corrected chi connectivity index (χ0v) is 10.9. The van der Waals surface area contributed by atoms with Crippen LogP contribution in [0.3, 0.4) is 0 Å². The average molecular weight is 255 g/mol. The maximum Gasteiger partial charge on any atom is 0.0841 e. The molecule has 2 heterocycles. The fourth-order valence-corrected chi connectivity index (χ4v) is 2.49. The number of hydrogen-bond donors (Lipinski definition) is 2. The summed E-state index contributed by atoms with van der Waals surface area (Å²) in [6.45, 7) is 2.05. The van der Waals surface area contributed by atoms with Crippen molar-refractivity contribution in [3.8, 4) is 0 Å². The van der Waals surface area contributed by atoms with Crippen LogP contribution < -0.4 is 11.1 Å². The number of halogens is 1. The highest BCUT2D eigenvalue weighted by Gasteiger charge is 2.19. The largest absolute Gasteiger partial charge is 0.396 e. The molecular formula is C12H19ClN4. The molecule has 0 radical (unpaired) electrons. The van der Waals surface area contributed by atoms with Gasteiger partial charge in [-0.1, -0.05) is 18.0 Å². The van der Waals surface area contributed by atoms with Gasteiger partial charge < -0.3 is 16.0 Å². The number of nitrogens with two attached hydrogens (primary N) is 1. The SMILES string of the molecule is CN1CCCCC1CNc1c(N)cncc1Cl. The molecule has 0 bridgehead atoms. The van der Waals surface area contributed by atoms with Gasteiger partial charge in [-0.3, -0.25) is 4.98 Å². The molecule has 5 heteroatoms. The number of likely N-dealkylation sites (N-methyl/N-ethyl adjacent to an activating group) is 1. The minimum Gasteiger partial charge on any atom is -0.396 e. The van der Waals surface area contributed by atoms with Crippen LogP contribution in [0.5, 0.6) is 0 Å². The van der Waals surface area contributed by atoms with E-state index in [0.717, 1.165) is 12.2 Å². The molecule has 1 fully saturated rings. The Bertz CT molecular complexity index is 363. The number of likely N-dealkylation sites (tertiary alicyclic amines) is 1. The van der Waals surface area contributed by atoms with E-state index < -0.39 is 0 Å². The molecule has 0 saturated carbocycles. The number of rotatable bonds is 3.